The van der Waals surface area contributed by atoms with Crippen LogP contribution in [-0.4, -0.2) is 28.5 Å². The number of ether oxygens (including phenoxy) is 1. The van der Waals surface area contributed by atoms with Crippen LogP contribution in [0.15, 0.2) is 0 Å². The van der Waals surface area contributed by atoms with Crippen molar-refractivity contribution in [2.24, 2.45) is 5.41 Å². The van der Waals surface area contributed by atoms with Crippen molar-refractivity contribution in [3.05, 3.63) is 11.4 Å². The zero-order chi connectivity index (χ0) is 15.8. The van der Waals surface area contributed by atoms with Crippen molar-refractivity contribution < 1.29 is 4.74 Å². The third-order valence-electron chi connectivity index (χ3n) is 5.24. The highest BCUT2D eigenvalue weighted by Crippen LogP contribution is 2.47. The Morgan fingerprint density at radius 2 is 2.05 bits per heavy atom. The Labute approximate surface area is 129 Å². The lowest BCUT2D eigenvalue weighted by Crippen LogP contribution is -2.59. The molecule has 1 aliphatic carbocycles. The molecule has 21 heavy (non-hydrogen) atoms. The molecule has 3 atom stereocenters. The Balaban J connectivity index is 2.16. The number of aromatic nitrogens is 2. The van der Waals surface area contributed by atoms with Gasteiger partial charge in [-0.05, 0) is 47.5 Å². The minimum absolute atomic E-state index is 0.217. The average molecular weight is 293 g/mol. The van der Waals surface area contributed by atoms with Crippen molar-refractivity contribution in [1.29, 1.82) is 0 Å². The minimum atomic E-state index is 0.217. The lowest BCUT2D eigenvalue weighted by molar-refractivity contribution is -0.109. The van der Waals surface area contributed by atoms with Gasteiger partial charge in [-0.3, -0.25) is 4.68 Å². The fraction of sp³-hybridized carbons (Fsp3) is 0.824. The van der Waals surface area contributed by atoms with Gasteiger partial charge in [0.15, 0.2) is 0 Å². The van der Waals surface area contributed by atoms with Crippen LogP contribution in [0.1, 0.15) is 64.9 Å². The highest BCUT2D eigenvalue weighted by Gasteiger charge is 2.51. The SMILES string of the molecule is CCOC1CC(Nc2c(C)nn(C(C)C)c2C)C1(C)CC. The molecule has 2 rings (SSSR count). The molecule has 0 saturated heterocycles. The Bertz CT molecular complexity index is 494. The number of anilines is 1. The van der Waals surface area contributed by atoms with Gasteiger partial charge < -0.3 is 10.1 Å². The summed E-state index contributed by atoms with van der Waals surface area (Å²) in [5.74, 6) is 0. The van der Waals surface area contributed by atoms with Gasteiger partial charge in [0.25, 0.3) is 0 Å². The molecule has 1 aromatic heterocycles. The van der Waals surface area contributed by atoms with Crippen molar-refractivity contribution in [3.8, 4) is 0 Å². The molecule has 0 amide bonds. The molecule has 1 fully saturated rings. The van der Waals surface area contributed by atoms with Crippen LogP contribution in [0, 0.1) is 19.3 Å². The zero-order valence-corrected chi connectivity index (χ0v) is 14.7. The molecule has 1 aliphatic rings. The normalized spacial score (nSPS) is 28.8. The highest BCUT2D eigenvalue weighted by atomic mass is 16.5. The summed E-state index contributed by atoms with van der Waals surface area (Å²) in [6.45, 7) is 16.1. The van der Waals surface area contributed by atoms with Crippen LogP contribution in [0.3, 0.4) is 0 Å². The quantitative estimate of drug-likeness (QED) is 0.858. The van der Waals surface area contributed by atoms with Crippen LogP contribution < -0.4 is 5.32 Å². The van der Waals surface area contributed by atoms with Gasteiger partial charge in [0, 0.05) is 24.1 Å². The van der Waals surface area contributed by atoms with Gasteiger partial charge in [-0.1, -0.05) is 13.8 Å². The van der Waals surface area contributed by atoms with Gasteiger partial charge >= 0.3 is 0 Å². The number of hydrogen-bond acceptors (Lipinski definition) is 3. The summed E-state index contributed by atoms with van der Waals surface area (Å²) in [4.78, 5) is 0. The second-order valence-corrected chi connectivity index (χ2v) is 6.82. The minimum Gasteiger partial charge on any atom is -0.379 e. The summed E-state index contributed by atoms with van der Waals surface area (Å²) in [7, 11) is 0. The van der Waals surface area contributed by atoms with Crippen LogP contribution in [0.25, 0.3) is 0 Å². The molecule has 0 radical (unpaired) electrons. The topological polar surface area (TPSA) is 39.1 Å². The first-order chi connectivity index (χ1) is 9.85. The predicted molar refractivity (Wildman–Crippen MR) is 87.9 cm³/mol. The Hall–Kier alpha value is -1.03. The number of nitrogens with zero attached hydrogens (tertiary/aromatic N) is 2. The fourth-order valence-electron chi connectivity index (χ4n) is 3.52. The van der Waals surface area contributed by atoms with E-state index in [4.69, 9.17) is 4.74 Å². The molecular formula is C17H31N3O. The molecule has 1 N–H and O–H groups in total. The van der Waals surface area contributed by atoms with Crippen LogP contribution in [0.5, 0.6) is 0 Å². The second-order valence-electron chi connectivity index (χ2n) is 6.82. The van der Waals surface area contributed by atoms with Crippen LogP contribution >= 0.6 is 0 Å². The fourth-order valence-corrected chi connectivity index (χ4v) is 3.52. The van der Waals surface area contributed by atoms with E-state index in [9.17, 15) is 0 Å². The molecule has 120 valence electrons. The van der Waals surface area contributed by atoms with Crippen molar-refractivity contribution in [2.75, 3.05) is 11.9 Å². The third-order valence-corrected chi connectivity index (χ3v) is 5.24. The maximum atomic E-state index is 5.90. The monoisotopic (exact) mass is 293 g/mol. The Morgan fingerprint density at radius 3 is 2.52 bits per heavy atom. The van der Waals surface area contributed by atoms with Crippen molar-refractivity contribution in [3.63, 3.8) is 0 Å². The lowest BCUT2D eigenvalue weighted by atomic mass is 9.61. The van der Waals surface area contributed by atoms with Crippen molar-refractivity contribution in [1.82, 2.24) is 9.78 Å². The molecule has 4 heteroatoms. The van der Waals surface area contributed by atoms with Crippen LogP contribution in [-0.2, 0) is 4.74 Å². The van der Waals surface area contributed by atoms with E-state index in [1.807, 2.05) is 0 Å². The number of aryl methyl sites for hydroxylation is 1. The van der Waals surface area contributed by atoms with Gasteiger partial charge in [-0.25, -0.2) is 0 Å². The van der Waals surface area contributed by atoms with Gasteiger partial charge in [0.2, 0.25) is 0 Å². The van der Waals surface area contributed by atoms with Crippen LogP contribution in [0.2, 0.25) is 0 Å². The summed E-state index contributed by atoms with van der Waals surface area (Å²) in [6, 6.07) is 0.871. The molecule has 3 unspecified atom stereocenters. The number of hydrogen-bond donors (Lipinski definition) is 1. The van der Waals surface area contributed by atoms with E-state index >= 15 is 0 Å². The van der Waals surface area contributed by atoms with Gasteiger partial charge in [0.1, 0.15) is 0 Å². The first-order valence-electron chi connectivity index (χ1n) is 8.28. The molecule has 0 aromatic carbocycles. The van der Waals surface area contributed by atoms with E-state index < -0.39 is 0 Å². The molecule has 1 aromatic rings. The van der Waals surface area contributed by atoms with Gasteiger partial charge in [-0.2, -0.15) is 5.10 Å². The number of nitrogens with one attached hydrogen (secondary N) is 1. The summed E-state index contributed by atoms with van der Waals surface area (Å²) < 4.78 is 8.01. The molecule has 1 saturated carbocycles. The maximum Gasteiger partial charge on any atom is 0.0828 e. The first-order valence-corrected chi connectivity index (χ1v) is 8.28. The molecule has 0 spiro atoms. The van der Waals surface area contributed by atoms with E-state index in [-0.39, 0.29) is 5.41 Å². The molecule has 4 nitrogen and oxygen atoms in total. The van der Waals surface area contributed by atoms with E-state index in [0.717, 1.165) is 25.1 Å². The van der Waals surface area contributed by atoms with Gasteiger partial charge in [0.05, 0.1) is 23.2 Å². The summed E-state index contributed by atoms with van der Waals surface area (Å²) >= 11 is 0. The van der Waals surface area contributed by atoms with E-state index in [1.54, 1.807) is 0 Å². The molecule has 0 aliphatic heterocycles. The first kappa shape index (κ1) is 16.3. The Kier molecular flexibility index (Phi) is 4.66. The number of rotatable bonds is 6. The van der Waals surface area contributed by atoms with E-state index in [1.165, 1.54) is 11.4 Å². The average Bonchev–Trinajstić information content (AvgIpc) is 2.72. The largest absolute Gasteiger partial charge is 0.379 e. The molecule has 1 heterocycles. The third kappa shape index (κ3) is 2.70. The smallest absolute Gasteiger partial charge is 0.0828 e. The Morgan fingerprint density at radius 1 is 1.38 bits per heavy atom. The van der Waals surface area contributed by atoms with Crippen LogP contribution in [0.4, 0.5) is 5.69 Å². The lowest BCUT2D eigenvalue weighted by Gasteiger charge is -2.54. The summed E-state index contributed by atoms with van der Waals surface area (Å²) in [5.41, 5.74) is 3.76. The second kappa shape index (κ2) is 5.99. The standard InChI is InChI=1S/C17H31N3O/c1-8-17(7)14(10-15(17)21-9-2)18-16-12(5)19-20(11(3)4)13(16)6/h11,14-15,18H,8-10H2,1-7H3. The van der Waals surface area contributed by atoms with Crippen molar-refractivity contribution >= 4 is 5.69 Å². The zero-order valence-electron chi connectivity index (χ0n) is 14.7. The molecule has 0 bridgehead atoms. The van der Waals surface area contributed by atoms with Crippen molar-refractivity contribution in [2.45, 2.75) is 79.5 Å². The van der Waals surface area contributed by atoms with E-state index in [2.05, 4.69) is 63.6 Å². The van der Waals surface area contributed by atoms with Gasteiger partial charge in [-0.15, -0.1) is 0 Å². The van der Waals surface area contributed by atoms with E-state index in [0.29, 0.717) is 18.2 Å². The molecular weight excluding hydrogens is 262 g/mol. The maximum absolute atomic E-state index is 5.90. The summed E-state index contributed by atoms with van der Waals surface area (Å²) in [5, 5.41) is 8.43. The predicted octanol–water partition coefficient (Wildman–Crippen LogP) is 4.09. The highest BCUT2D eigenvalue weighted by molar-refractivity contribution is 5.54. The summed E-state index contributed by atoms with van der Waals surface area (Å²) in [6.07, 6.45) is 2.60.